The first kappa shape index (κ1) is 15.5. The molecule has 128 valence electrons. The third-order valence-corrected chi connectivity index (χ3v) is 4.94. The number of nitrogens with one attached hydrogen (secondary N) is 1. The SMILES string of the molecule is N#CC1=CC(c2ccc3oc4ccc(-c5ccccc5)cc4c3c2)=CCN1. The van der Waals surface area contributed by atoms with Gasteiger partial charge < -0.3 is 9.73 Å². The second kappa shape index (κ2) is 6.19. The van der Waals surface area contributed by atoms with E-state index in [9.17, 15) is 0 Å². The number of hydrogen-bond acceptors (Lipinski definition) is 3. The summed E-state index contributed by atoms with van der Waals surface area (Å²) in [6.45, 7) is 0.664. The lowest BCUT2D eigenvalue weighted by Gasteiger charge is -2.11. The van der Waals surface area contributed by atoms with Gasteiger partial charge in [0.1, 0.15) is 22.9 Å². The Kier molecular flexibility index (Phi) is 3.55. The maximum absolute atomic E-state index is 9.15. The lowest BCUT2D eigenvalue weighted by Crippen LogP contribution is -2.15. The summed E-state index contributed by atoms with van der Waals surface area (Å²) in [5.41, 5.74) is 6.85. The standard InChI is InChI=1S/C24H16N2O/c25-15-20-12-19(10-11-26-20)18-7-9-24-22(14-18)21-13-17(6-8-23(21)27-24)16-4-2-1-3-5-16/h1-10,12-14,26H,11H2. The molecule has 0 bridgehead atoms. The van der Waals surface area contributed by atoms with Crippen LogP contribution in [0.25, 0.3) is 38.6 Å². The third-order valence-electron chi connectivity index (χ3n) is 4.94. The minimum Gasteiger partial charge on any atom is -0.456 e. The van der Waals surface area contributed by atoms with Crippen molar-refractivity contribution in [3.8, 4) is 17.2 Å². The minimum absolute atomic E-state index is 0.594. The molecular formula is C24H16N2O. The van der Waals surface area contributed by atoms with Gasteiger partial charge in [-0.3, -0.25) is 0 Å². The molecule has 4 aromatic rings. The van der Waals surface area contributed by atoms with Crippen LogP contribution in [0.2, 0.25) is 0 Å². The molecule has 0 fully saturated rings. The van der Waals surface area contributed by atoms with Crippen molar-refractivity contribution in [2.24, 2.45) is 0 Å². The number of nitrogens with zero attached hydrogens (tertiary/aromatic N) is 1. The summed E-state index contributed by atoms with van der Waals surface area (Å²) in [6, 6.07) is 25.1. The molecule has 0 saturated heterocycles. The van der Waals surface area contributed by atoms with Crippen LogP contribution in [0.15, 0.2) is 89.0 Å². The van der Waals surface area contributed by atoms with Crippen LogP contribution in [0.1, 0.15) is 5.56 Å². The number of hydrogen-bond donors (Lipinski definition) is 1. The number of fused-ring (bicyclic) bond motifs is 3. The minimum atomic E-state index is 0.594. The van der Waals surface area contributed by atoms with Gasteiger partial charge in [-0.25, -0.2) is 0 Å². The quantitative estimate of drug-likeness (QED) is 0.509. The molecule has 0 radical (unpaired) electrons. The smallest absolute Gasteiger partial charge is 0.135 e. The van der Waals surface area contributed by atoms with E-state index in [0.29, 0.717) is 12.2 Å². The van der Waals surface area contributed by atoms with Crippen LogP contribution < -0.4 is 5.32 Å². The zero-order valence-electron chi connectivity index (χ0n) is 14.6. The summed E-state index contributed by atoms with van der Waals surface area (Å²) in [5, 5.41) is 14.4. The first-order chi connectivity index (χ1) is 13.3. The van der Waals surface area contributed by atoms with Crippen LogP contribution in [0, 0.1) is 11.3 Å². The average molecular weight is 348 g/mol. The van der Waals surface area contributed by atoms with E-state index >= 15 is 0 Å². The first-order valence-electron chi connectivity index (χ1n) is 8.90. The number of rotatable bonds is 2. The van der Waals surface area contributed by atoms with E-state index in [-0.39, 0.29) is 0 Å². The number of allylic oxidation sites excluding steroid dienone is 3. The van der Waals surface area contributed by atoms with Gasteiger partial charge in [0.25, 0.3) is 0 Å². The summed E-state index contributed by atoms with van der Waals surface area (Å²) in [5.74, 6) is 0. The fourth-order valence-electron chi connectivity index (χ4n) is 3.58. The van der Waals surface area contributed by atoms with Gasteiger partial charge in [-0.1, -0.05) is 48.5 Å². The Morgan fingerprint density at radius 1 is 0.815 bits per heavy atom. The van der Waals surface area contributed by atoms with E-state index in [0.717, 1.165) is 33.1 Å². The summed E-state index contributed by atoms with van der Waals surface area (Å²) in [6.07, 6.45) is 3.99. The van der Waals surface area contributed by atoms with E-state index in [4.69, 9.17) is 9.68 Å². The van der Waals surface area contributed by atoms with E-state index in [2.05, 4.69) is 47.8 Å². The predicted molar refractivity (Wildman–Crippen MR) is 109 cm³/mol. The molecule has 0 spiro atoms. The van der Waals surface area contributed by atoms with Crippen LogP contribution in [0.3, 0.4) is 0 Å². The van der Waals surface area contributed by atoms with Crippen LogP contribution in [-0.4, -0.2) is 6.54 Å². The Morgan fingerprint density at radius 3 is 2.26 bits per heavy atom. The molecule has 1 aliphatic rings. The Bertz CT molecular complexity index is 1270. The lowest BCUT2D eigenvalue weighted by atomic mass is 9.99. The van der Waals surface area contributed by atoms with Gasteiger partial charge in [0.2, 0.25) is 0 Å². The Labute approximate surface area is 156 Å². The second-order valence-corrected chi connectivity index (χ2v) is 6.60. The highest BCUT2D eigenvalue weighted by atomic mass is 16.3. The van der Waals surface area contributed by atoms with Gasteiger partial charge in [-0.2, -0.15) is 5.26 Å². The fourth-order valence-corrected chi connectivity index (χ4v) is 3.58. The molecule has 1 aromatic heterocycles. The molecule has 3 heteroatoms. The molecule has 1 aliphatic heterocycles. The van der Waals surface area contributed by atoms with Crippen molar-refractivity contribution in [2.45, 2.75) is 0 Å². The molecule has 5 rings (SSSR count). The molecule has 0 aliphatic carbocycles. The van der Waals surface area contributed by atoms with Crippen molar-refractivity contribution in [3.63, 3.8) is 0 Å². The molecule has 1 N–H and O–H groups in total. The monoisotopic (exact) mass is 348 g/mol. The summed E-state index contributed by atoms with van der Waals surface area (Å²) < 4.78 is 6.03. The van der Waals surface area contributed by atoms with Gasteiger partial charge >= 0.3 is 0 Å². The maximum Gasteiger partial charge on any atom is 0.135 e. The molecule has 27 heavy (non-hydrogen) atoms. The van der Waals surface area contributed by atoms with Crippen molar-refractivity contribution in [1.82, 2.24) is 5.32 Å². The summed E-state index contributed by atoms with van der Waals surface area (Å²) in [7, 11) is 0. The van der Waals surface area contributed by atoms with Gasteiger partial charge in [-0.15, -0.1) is 0 Å². The topological polar surface area (TPSA) is 49.0 Å². The van der Waals surface area contributed by atoms with Crippen molar-refractivity contribution < 1.29 is 4.42 Å². The summed E-state index contributed by atoms with van der Waals surface area (Å²) in [4.78, 5) is 0. The van der Waals surface area contributed by atoms with Crippen LogP contribution >= 0.6 is 0 Å². The highest BCUT2D eigenvalue weighted by Crippen LogP contribution is 2.34. The second-order valence-electron chi connectivity index (χ2n) is 6.60. The van der Waals surface area contributed by atoms with Crippen molar-refractivity contribution in [2.75, 3.05) is 6.54 Å². The van der Waals surface area contributed by atoms with Crippen LogP contribution in [-0.2, 0) is 0 Å². The normalized spacial score (nSPS) is 13.7. The first-order valence-corrected chi connectivity index (χ1v) is 8.90. The number of furan rings is 1. The highest BCUT2D eigenvalue weighted by Gasteiger charge is 2.12. The Balaban J connectivity index is 1.67. The van der Waals surface area contributed by atoms with Gasteiger partial charge in [0.15, 0.2) is 0 Å². The molecule has 0 atom stereocenters. The molecular weight excluding hydrogens is 332 g/mol. The predicted octanol–water partition coefficient (Wildman–Crippen LogP) is 5.65. The van der Waals surface area contributed by atoms with Crippen molar-refractivity contribution in [1.29, 1.82) is 5.26 Å². The Morgan fingerprint density at radius 2 is 1.52 bits per heavy atom. The molecule has 2 heterocycles. The van der Waals surface area contributed by atoms with E-state index in [1.165, 1.54) is 11.1 Å². The number of dihydropyridines is 1. The third kappa shape index (κ3) is 2.68. The molecule has 0 amide bonds. The van der Waals surface area contributed by atoms with Crippen molar-refractivity contribution >= 4 is 27.5 Å². The lowest BCUT2D eigenvalue weighted by molar-refractivity contribution is 0.669. The summed E-state index contributed by atoms with van der Waals surface area (Å²) >= 11 is 0. The van der Waals surface area contributed by atoms with E-state index in [1.807, 2.05) is 42.5 Å². The zero-order chi connectivity index (χ0) is 18.2. The van der Waals surface area contributed by atoms with Crippen LogP contribution in [0.5, 0.6) is 0 Å². The van der Waals surface area contributed by atoms with E-state index in [1.54, 1.807) is 0 Å². The molecule has 0 unspecified atom stereocenters. The zero-order valence-corrected chi connectivity index (χ0v) is 14.6. The fraction of sp³-hybridized carbons (Fsp3) is 0.0417. The number of benzene rings is 3. The molecule has 0 saturated carbocycles. The van der Waals surface area contributed by atoms with Gasteiger partial charge in [0.05, 0.1) is 0 Å². The largest absolute Gasteiger partial charge is 0.456 e. The maximum atomic E-state index is 9.15. The average Bonchev–Trinajstić information content (AvgIpc) is 3.11. The molecule has 3 aromatic carbocycles. The van der Waals surface area contributed by atoms with E-state index < -0.39 is 0 Å². The number of nitriles is 1. The molecule has 3 nitrogen and oxygen atoms in total. The van der Waals surface area contributed by atoms with Gasteiger partial charge in [-0.05, 0) is 52.6 Å². The highest BCUT2D eigenvalue weighted by molar-refractivity contribution is 6.07. The Hall–Kier alpha value is -3.77. The van der Waals surface area contributed by atoms with Crippen molar-refractivity contribution in [3.05, 3.63) is 90.1 Å². The van der Waals surface area contributed by atoms with Gasteiger partial charge in [0, 0.05) is 17.3 Å². The van der Waals surface area contributed by atoms with Crippen LogP contribution in [0.4, 0.5) is 0 Å².